The zero-order valence-electron chi connectivity index (χ0n) is 17.0. The van der Waals surface area contributed by atoms with Crippen molar-refractivity contribution in [3.8, 4) is 0 Å². The van der Waals surface area contributed by atoms with Crippen LogP contribution in [0.3, 0.4) is 0 Å². The lowest BCUT2D eigenvalue weighted by molar-refractivity contribution is 0.320. The van der Waals surface area contributed by atoms with E-state index in [0.717, 1.165) is 41.7 Å². The molecule has 4 nitrogen and oxygen atoms in total. The highest BCUT2D eigenvalue weighted by Crippen LogP contribution is 2.26. The van der Waals surface area contributed by atoms with Gasteiger partial charge in [0.2, 0.25) is 0 Å². The van der Waals surface area contributed by atoms with Crippen LogP contribution in [0.5, 0.6) is 0 Å². The van der Waals surface area contributed by atoms with Crippen molar-refractivity contribution in [3.63, 3.8) is 0 Å². The molecule has 2 aliphatic heterocycles. The van der Waals surface area contributed by atoms with Crippen LogP contribution < -0.4 is 8.97 Å². The largest absolute Gasteiger partial charge is 0.367 e. The number of hydrogen-bond acceptors (Lipinski definition) is 2. The van der Waals surface area contributed by atoms with Gasteiger partial charge in [-0.05, 0) is 41.8 Å². The van der Waals surface area contributed by atoms with Gasteiger partial charge in [-0.25, -0.2) is 0 Å². The molecular formula is C23H32N2O2+2. The van der Waals surface area contributed by atoms with Gasteiger partial charge in [0.25, 0.3) is 0 Å². The Kier molecular flexibility index (Phi) is 4.85. The maximum atomic E-state index is 5.40. The van der Waals surface area contributed by atoms with E-state index in [9.17, 15) is 0 Å². The molecular weight excluding hydrogens is 336 g/mol. The summed E-state index contributed by atoms with van der Waals surface area (Å²) in [5.41, 5.74) is 5.39. The summed E-state index contributed by atoms with van der Waals surface area (Å²) >= 11 is 0. The van der Waals surface area contributed by atoms with Gasteiger partial charge < -0.3 is 9.47 Å². The van der Waals surface area contributed by atoms with Crippen LogP contribution >= 0.6 is 0 Å². The Labute approximate surface area is 163 Å². The molecule has 4 heteroatoms. The fourth-order valence-electron chi connectivity index (χ4n) is 3.85. The van der Waals surface area contributed by atoms with Crippen molar-refractivity contribution in [3.05, 3.63) is 59.7 Å². The summed E-state index contributed by atoms with van der Waals surface area (Å²) in [6.07, 6.45) is 1.85. The number of epoxide rings is 2. The van der Waals surface area contributed by atoms with Crippen molar-refractivity contribution in [2.75, 3.05) is 54.5 Å². The second-order valence-corrected chi connectivity index (χ2v) is 9.16. The standard InChI is InChI=1S/C23H32N2O2/c1-24(2,14-22-16-26-22)20-9-5-18(6-10-20)13-19-7-11-21(12-8-19)25(3,4)15-23-17-27-23/h5-12,22-23H,13-17H2,1-4H3/q+2. The zero-order chi connectivity index (χ0) is 19.1. The van der Waals surface area contributed by atoms with Gasteiger partial charge in [-0.2, -0.15) is 0 Å². The maximum Gasteiger partial charge on any atom is 0.132 e. The minimum Gasteiger partial charge on any atom is -0.367 e. The number of hydrogen-bond donors (Lipinski definition) is 0. The Morgan fingerprint density at radius 1 is 0.667 bits per heavy atom. The predicted octanol–water partition coefficient (Wildman–Crippen LogP) is 3.21. The summed E-state index contributed by atoms with van der Waals surface area (Å²) in [5.74, 6) is 0. The second kappa shape index (κ2) is 7.02. The van der Waals surface area contributed by atoms with Gasteiger partial charge in [0.1, 0.15) is 36.7 Å². The fourth-order valence-corrected chi connectivity index (χ4v) is 3.85. The highest BCUT2D eigenvalue weighted by Gasteiger charge is 2.33. The van der Waals surface area contributed by atoms with Gasteiger partial charge in [0, 0.05) is 0 Å². The quantitative estimate of drug-likeness (QED) is 0.528. The first kappa shape index (κ1) is 18.6. The van der Waals surface area contributed by atoms with Crippen LogP contribution in [-0.4, -0.2) is 66.7 Å². The van der Waals surface area contributed by atoms with Crippen LogP contribution in [0.25, 0.3) is 0 Å². The molecule has 2 heterocycles. The first-order chi connectivity index (χ1) is 12.8. The number of ether oxygens (including phenoxy) is 2. The van der Waals surface area contributed by atoms with Crippen molar-refractivity contribution in [1.82, 2.24) is 8.97 Å². The Morgan fingerprint density at radius 3 is 1.30 bits per heavy atom. The van der Waals surface area contributed by atoms with E-state index in [2.05, 4.69) is 76.7 Å². The van der Waals surface area contributed by atoms with Crippen LogP contribution in [-0.2, 0) is 15.9 Å². The van der Waals surface area contributed by atoms with E-state index in [1.165, 1.54) is 22.5 Å². The van der Waals surface area contributed by atoms with Crippen molar-refractivity contribution < 1.29 is 9.47 Å². The number of nitrogens with zero attached hydrogens (tertiary/aromatic N) is 2. The molecule has 0 aromatic heterocycles. The third-order valence-electron chi connectivity index (χ3n) is 5.80. The summed E-state index contributed by atoms with van der Waals surface area (Å²) in [7, 11) is 9.01. The topological polar surface area (TPSA) is 25.1 Å². The van der Waals surface area contributed by atoms with Crippen LogP contribution in [0.1, 0.15) is 11.1 Å². The van der Waals surface area contributed by atoms with Crippen molar-refractivity contribution in [2.24, 2.45) is 0 Å². The molecule has 144 valence electrons. The van der Waals surface area contributed by atoms with E-state index in [1.807, 2.05) is 0 Å². The SMILES string of the molecule is C[N+](C)(CC1CO1)c1ccc(Cc2ccc([N+](C)(C)CC3CO3)cc2)cc1. The molecule has 2 atom stereocenters. The minimum absolute atomic E-state index is 0.437. The monoisotopic (exact) mass is 368 g/mol. The Hall–Kier alpha value is -1.72. The van der Waals surface area contributed by atoms with Crippen LogP contribution in [0.4, 0.5) is 11.4 Å². The van der Waals surface area contributed by atoms with E-state index >= 15 is 0 Å². The van der Waals surface area contributed by atoms with Crippen LogP contribution in [0.2, 0.25) is 0 Å². The van der Waals surface area contributed by atoms with E-state index in [-0.39, 0.29) is 0 Å². The average Bonchev–Trinajstić information content (AvgIpc) is 3.54. The molecule has 4 rings (SSSR count). The molecule has 0 amide bonds. The molecule has 2 fully saturated rings. The minimum atomic E-state index is 0.437. The summed E-state index contributed by atoms with van der Waals surface area (Å²) in [6.45, 7) is 3.92. The first-order valence-corrected chi connectivity index (χ1v) is 9.90. The molecule has 27 heavy (non-hydrogen) atoms. The van der Waals surface area contributed by atoms with E-state index in [1.54, 1.807) is 0 Å². The Balaban J connectivity index is 1.39. The summed E-state index contributed by atoms with van der Waals surface area (Å²) in [5, 5.41) is 0. The molecule has 2 aromatic carbocycles. The van der Waals surface area contributed by atoms with Gasteiger partial charge in [0.15, 0.2) is 0 Å². The lowest BCUT2D eigenvalue weighted by Gasteiger charge is -2.29. The molecule has 0 spiro atoms. The molecule has 0 saturated carbocycles. The lowest BCUT2D eigenvalue weighted by atomic mass is 10.0. The normalized spacial score (nSPS) is 21.9. The molecule has 0 N–H and O–H groups in total. The van der Waals surface area contributed by atoms with Crippen LogP contribution in [0, 0.1) is 0 Å². The van der Waals surface area contributed by atoms with Crippen molar-refractivity contribution >= 4 is 11.4 Å². The maximum absolute atomic E-state index is 5.40. The van der Waals surface area contributed by atoms with Gasteiger partial charge in [-0.15, -0.1) is 0 Å². The number of quaternary nitrogens is 2. The predicted molar refractivity (Wildman–Crippen MR) is 112 cm³/mol. The van der Waals surface area contributed by atoms with Crippen molar-refractivity contribution in [2.45, 2.75) is 18.6 Å². The highest BCUT2D eigenvalue weighted by molar-refractivity contribution is 5.47. The van der Waals surface area contributed by atoms with Gasteiger partial charge in [-0.3, -0.25) is 8.97 Å². The third kappa shape index (κ3) is 4.77. The first-order valence-electron chi connectivity index (χ1n) is 9.90. The zero-order valence-corrected chi connectivity index (χ0v) is 17.0. The molecule has 0 aliphatic carbocycles. The van der Waals surface area contributed by atoms with Crippen LogP contribution in [0.15, 0.2) is 48.5 Å². The number of likely N-dealkylation sites (N-methyl/N-ethyl adjacent to an activating group) is 2. The number of rotatable bonds is 8. The van der Waals surface area contributed by atoms with Gasteiger partial charge in [0.05, 0.1) is 41.4 Å². The third-order valence-corrected chi connectivity index (χ3v) is 5.80. The van der Waals surface area contributed by atoms with E-state index in [0.29, 0.717) is 12.2 Å². The Morgan fingerprint density at radius 2 is 1.00 bits per heavy atom. The number of benzene rings is 2. The highest BCUT2D eigenvalue weighted by atomic mass is 16.6. The van der Waals surface area contributed by atoms with E-state index < -0.39 is 0 Å². The van der Waals surface area contributed by atoms with Crippen molar-refractivity contribution in [1.29, 1.82) is 0 Å². The second-order valence-electron chi connectivity index (χ2n) is 9.16. The van der Waals surface area contributed by atoms with Gasteiger partial charge >= 0.3 is 0 Å². The average molecular weight is 369 g/mol. The smallest absolute Gasteiger partial charge is 0.132 e. The summed E-state index contributed by atoms with van der Waals surface area (Å²) < 4.78 is 12.6. The van der Waals surface area contributed by atoms with Gasteiger partial charge in [-0.1, -0.05) is 24.3 Å². The lowest BCUT2D eigenvalue weighted by Crippen LogP contribution is -2.43. The molecule has 2 unspecified atom stereocenters. The molecule has 2 aromatic rings. The molecule has 2 saturated heterocycles. The molecule has 0 radical (unpaired) electrons. The van der Waals surface area contributed by atoms with E-state index in [4.69, 9.17) is 9.47 Å². The Bertz CT molecular complexity index is 706. The molecule has 0 bridgehead atoms. The summed E-state index contributed by atoms with van der Waals surface area (Å²) in [4.78, 5) is 0. The fraction of sp³-hybridized carbons (Fsp3) is 0.478. The molecule has 2 aliphatic rings. The summed E-state index contributed by atoms with van der Waals surface area (Å²) in [6, 6.07) is 18.1.